The summed E-state index contributed by atoms with van der Waals surface area (Å²) in [6.07, 6.45) is 0.819. The second-order valence-corrected chi connectivity index (χ2v) is 7.81. The van der Waals surface area contributed by atoms with Crippen molar-refractivity contribution in [1.29, 1.82) is 5.26 Å². The molecular weight excluding hydrogens is 414 g/mol. The lowest BCUT2D eigenvalue weighted by molar-refractivity contribution is -0.385. The second kappa shape index (κ2) is 8.02. The number of hydrogen-bond donors (Lipinski definition) is 1. The van der Waals surface area contributed by atoms with E-state index < -0.39 is 37.3 Å². The van der Waals surface area contributed by atoms with E-state index in [1.807, 2.05) is 6.07 Å². The summed E-state index contributed by atoms with van der Waals surface area (Å²) in [4.78, 5) is 17.5. The summed E-state index contributed by atoms with van der Waals surface area (Å²) < 4.78 is 34.6. The molecular formula is C18H13N5O6S. The number of nitrogen functional groups attached to an aromatic ring is 1. The summed E-state index contributed by atoms with van der Waals surface area (Å²) in [5.41, 5.74) is 4.87. The highest BCUT2D eigenvalue weighted by Gasteiger charge is 2.28. The third-order valence-electron chi connectivity index (χ3n) is 3.58. The van der Waals surface area contributed by atoms with Gasteiger partial charge in [-0.25, -0.2) is 8.42 Å². The maximum atomic E-state index is 11.8. The van der Waals surface area contributed by atoms with Crippen LogP contribution < -0.4 is 15.2 Å². The lowest BCUT2D eigenvalue weighted by Crippen LogP contribution is -2.10. The number of aromatic nitrogens is 2. The zero-order chi connectivity index (χ0) is 21.9. The molecule has 0 radical (unpaired) electrons. The van der Waals surface area contributed by atoms with Crippen LogP contribution in [0.15, 0.2) is 53.7 Å². The standard InChI is InChI=1S/C18H13N5O6S/c1-30(26,27)18-21-16(20)15(23(24)25)17(22-18)29-14-8-11(10-19)7-13(9-14)28-12-5-3-2-4-6-12/h2-9H,1H3,(H2,20,21,22). The Balaban J connectivity index is 2.07. The molecule has 0 saturated carbocycles. The minimum absolute atomic E-state index is 0.0550. The molecule has 0 aliphatic rings. The van der Waals surface area contributed by atoms with Crippen molar-refractivity contribution < 1.29 is 22.8 Å². The monoisotopic (exact) mass is 427 g/mol. The number of benzene rings is 2. The summed E-state index contributed by atoms with van der Waals surface area (Å²) in [5.74, 6) is -0.727. The van der Waals surface area contributed by atoms with Crippen molar-refractivity contribution in [3.8, 4) is 29.2 Å². The number of nitrogens with two attached hydrogens (primary N) is 1. The van der Waals surface area contributed by atoms with Gasteiger partial charge in [0.1, 0.15) is 17.2 Å². The summed E-state index contributed by atoms with van der Waals surface area (Å²) in [6.45, 7) is 0. The highest BCUT2D eigenvalue weighted by atomic mass is 32.2. The van der Waals surface area contributed by atoms with Crippen LogP contribution >= 0.6 is 0 Å². The number of para-hydroxylation sites is 1. The minimum atomic E-state index is -3.93. The highest BCUT2D eigenvalue weighted by molar-refractivity contribution is 7.90. The molecule has 1 aromatic heterocycles. The second-order valence-electron chi connectivity index (χ2n) is 5.90. The first-order chi connectivity index (χ1) is 14.2. The maximum absolute atomic E-state index is 11.8. The molecule has 30 heavy (non-hydrogen) atoms. The maximum Gasteiger partial charge on any atom is 0.373 e. The van der Waals surface area contributed by atoms with Gasteiger partial charge >= 0.3 is 11.6 Å². The Labute approximate surface area is 170 Å². The molecule has 0 unspecified atom stereocenters. The molecule has 3 aromatic rings. The van der Waals surface area contributed by atoms with Gasteiger partial charge < -0.3 is 15.2 Å². The van der Waals surface area contributed by atoms with E-state index in [0.717, 1.165) is 6.26 Å². The minimum Gasteiger partial charge on any atom is -0.457 e. The van der Waals surface area contributed by atoms with E-state index >= 15 is 0 Å². The molecule has 2 aromatic carbocycles. The van der Waals surface area contributed by atoms with E-state index in [1.54, 1.807) is 30.3 Å². The Kier molecular flexibility index (Phi) is 5.48. The third kappa shape index (κ3) is 4.59. The Morgan fingerprint density at radius 3 is 2.27 bits per heavy atom. The van der Waals surface area contributed by atoms with Gasteiger partial charge in [-0.05, 0) is 24.3 Å². The zero-order valence-corrected chi connectivity index (χ0v) is 16.2. The van der Waals surface area contributed by atoms with Gasteiger partial charge in [0.05, 0.1) is 16.6 Å². The lowest BCUT2D eigenvalue weighted by Gasteiger charge is -2.11. The topological polar surface area (TPSA) is 171 Å². The molecule has 2 N–H and O–H groups in total. The van der Waals surface area contributed by atoms with Crippen LogP contribution in [0.5, 0.6) is 23.1 Å². The van der Waals surface area contributed by atoms with Gasteiger partial charge in [0, 0.05) is 12.3 Å². The van der Waals surface area contributed by atoms with Crippen LogP contribution in [-0.2, 0) is 9.84 Å². The van der Waals surface area contributed by atoms with Crippen LogP contribution in [0, 0.1) is 21.4 Å². The predicted octanol–water partition coefficient (Wildman–Crippen LogP) is 2.83. The van der Waals surface area contributed by atoms with E-state index in [-0.39, 0.29) is 17.1 Å². The Morgan fingerprint density at radius 2 is 1.70 bits per heavy atom. The molecule has 1 heterocycles. The number of nitrogens with zero attached hydrogens (tertiary/aromatic N) is 4. The predicted molar refractivity (Wildman–Crippen MR) is 104 cm³/mol. The van der Waals surface area contributed by atoms with Gasteiger partial charge in [-0.2, -0.15) is 15.2 Å². The van der Waals surface area contributed by atoms with Crippen LogP contribution in [0.2, 0.25) is 0 Å². The van der Waals surface area contributed by atoms with E-state index in [4.69, 9.17) is 15.2 Å². The fourth-order valence-electron chi connectivity index (χ4n) is 2.33. The van der Waals surface area contributed by atoms with Gasteiger partial charge in [0.25, 0.3) is 5.16 Å². The van der Waals surface area contributed by atoms with Crippen LogP contribution in [0.25, 0.3) is 0 Å². The van der Waals surface area contributed by atoms with Gasteiger partial charge in [0.15, 0.2) is 0 Å². The smallest absolute Gasteiger partial charge is 0.373 e. The van der Waals surface area contributed by atoms with Crippen molar-refractivity contribution in [2.45, 2.75) is 5.16 Å². The number of anilines is 1. The van der Waals surface area contributed by atoms with E-state index in [2.05, 4.69) is 9.97 Å². The van der Waals surface area contributed by atoms with Crippen molar-refractivity contribution in [2.24, 2.45) is 0 Å². The van der Waals surface area contributed by atoms with Crippen molar-refractivity contribution in [2.75, 3.05) is 12.0 Å². The fraction of sp³-hybridized carbons (Fsp3) is 0.0556. The molecule has 0 spiro atoms. The number of rotatable bonds is 6. The van der Waals surface area contributed by atoms with Crippen molar-refractivity contribution >= 4 is 21.3 Å². The molecule has 12 heteroatoms. The molecule has 0 atom stereocenters. The molecule has 0 fully saturated rings. The molecule has 11 nitrogen and oxygen atoms in total. The number of nitro groups is 1. The molecule has 152 valence electrons. The summed E-state index contributed by atoms with van der Waals surface area (Å²) in [7, 11) is -3.93. The van der Waals surface area contributed by atoms with E-state index in [0.29, 0.717) is 5.75 Å². The highest BCUT2D eigenvalue weighted by Crippen LogP contribution is 2.36. The van der Waals surface area contributed by atoms with Crippen molar-refractivity contribution in [3.63, 3.8) is 0 Å². The average Bonchev–Trinajstić information content (AvgIpc) is 2.67. The molecule has 0 amide bonds. The molecule has 0 aliphatic carbocycles. The summed E-state index contributed by atoms with van der Waals surface area (Å²) >= 11 is 0. The van der Waals surface area contributed by atoms with Crippen LogP contribution in [0.1, 0.15) is 5.56 Å². The molecule has 0 bridgehead atoms. The van der Waals surface area contributed by atoms with Gasteiger partial charge in [-0.3, -0.25) is 10.1 Å². The quantitative estimate of drug-likeness (QED) is 0.350. The Bertz CT molecular complexity index is 1270. The third-order valence-corrected chi connectivity index (χ3v) is 4.42. The first-order valence-corrected chi connectivity index (χ1v) is 10.0. The van der Waals surface area contributed by atoms with Crippen LogP contribution in [-0.4, -0.2) is 29.6 Å². The number of ether oxygens (including phenoxy) is 2. The van der Waals surface area contributed by atoms with Gasteiger partial charge in [-0.15, -0.1) is 0 Å². The normalized spacial score (nSPS) is 10.8. The number of nitriles is 1. The largest absolute Gasteiger partial charge is 0.457 e. The van der Waals surface area contributed by atoms with E-state index in [9.17, 15) is 23.8 Å². The van der Waals surface area contributed by atoms with Crippen LogP contribution in [0.4, 0.5) is 11.5 Å². The van der Waals surface area contributed by atoms with E-state index in [1.165, 1.54) is 18.2 Å². The lowest BCUT2D eigenvalue weighted by atomic mass is 10.2. The number of sulfone groups is 1. The first kappa shape index (κ1) is 20.5. The Hall–Kier alpha value is -4.24. The molecule has 3 rings (SSSR count). The van der Waals surface area contributed by atoms with Crippen LogP contribution in [0.3, 0.4) is 0 Å². The SMILES string of the molecule is CS(=O)(=O)c1nc(N)c([N+](=O)[O-])c(Oc2cc(C#N)cc(Oc3ccccc3)c2)n1. The average molecular weight is 427 g/mol. The molecule has 0 saturated heterocycles. The summed E-state index contributed by atoms with van der Waals surface area (Å²) in [5, 5.41) is 19.9. The first-order valence-electron chi connectivity index (χ1n) is 8.15. The van der Waals surface area contributed by atoms with Crippen molar-refractivity contribution in [1.82, 2.24) is 9.97 Å². The Morgan fingerprint density at radius 1 is 1.07 bits per heavy atom. The molecule has 0 aliphatic heterocycles. The van der Waals surface area contributed by atoms with Gasteiger partial charge in [-0.1, -0.05) is 18.2 Å². The van der Waals surface area contributed by atoms with Crippen molar-refractivity contribution in [3.05, 3.63) is 64.2 Å². The number of hydrogen-bond acceptors (Lipinski definition) is 10. The summed E-state index contributed by atoms with van der Waals surface area (Å²) in [6, 6.07) is 14.7. The van der Waals surface area contributed by atoms with Gasteiger partial charge in [0.2, 0.25) is 15.7 Å². The fourth-order valence-corrected chi connectivity index (χ4v) is 2.84. The zero-order valence-electron chi connectivity index (χ0n) is 15.3.